The van der Waals surface area contributed by atoms with Gasteiger partial charge in [0.1, 0.15) is 5.82 Å². The van der Waals surface area contributed by atoms with E-state index in [1.807, 2.05) is 0 Å². The number of amides is 1. The zero-order valence-electron chi connectivity index (χ0n) is 19.5. The smallest absolute Gasteiger partial charge is 0.330 e. The van der Waals surface area contributed by atoms with Crippen LogP contribution in [-0.2, 0) is 26.7 Å². The third kappa shape index (κ3) is 3.65. The van der Waals surface area contributed by atoms with Gasteiger partial charge in [-0.1, -0.05) is 0 Å². The summed E-state index contributed by atoms with van der Waals surface area (Å²) in [6.07, 6.45) is -3.07. The van der Waals surface area contributed by atoms with Crippen molar-refractivity contribution in [1.82, 2.24) is 29.4 Å². The molecule has 4 heterocycles. The Labute approximate surface area is 198 Å². The van der Waals surface area contributed by atoms with Gasteiger partial charge >= 0.3 is 6.18 Å². The summed E-state index contributed by atoms with van der Waals surface area (Å²) in [5.74, 6) is -0.786. The molecule has 4 aromatic rings. The molecule has 11 heteroatoms. The lowest BCUT2D eigenvalue weighted by Crippen LogP contribution is -2.39. The van der Waals surface area contributed by atoms with Gasteiger partial charge in [0.2, 0.25) is 0 Å². The molecule has 1 amide bonds. The number of alkyl halides is 3. The predicted molar refractivity (Wildman–Crippen MR) is 120 cm³/mol. The van der Waals surface area contributed by atoms with Crippen molar-refractivity contribution in [2.45, 2.75) is 32.5 Å². The molecule has 1 atom stereocenters. The summed E-state index contributed by atoms with van der Waals surface area (Å²) in [5, 5.41) is 8.74. The molecule has 5 rings (SSSR count). The molecule has 35 heavy (non-hydrogen) atoms. The van der Waals surface area contributed by atoms with E-state index < -0.39 is 23.7 Å². The Hall–Kier alpha value is -3.76. The SMILES string of the molecule is Cc1cc(C(=O)N2CCc3c(nn(C)c3-c3cnn(C)c3C(F)(F)F)C2C)c2cc(F)ccc2n1. The molecule has 0 fully saturated rings. The second-order valence-corrected chi connectivity index (χ2v) is 8.76. The quantitative estimate of drug-likeness (QED) is 0.389. The standard InChI is InChI=1S/C24H22F4N6O/c1-12-9-17(16-10-14(25)5-6-19(16)30-12)23(35)34-8-7-15-20(13(34)2)31-32(3)21(15)18-11-29-33(4)22(18)24(26,27)28/h5-6,9-11,13H,7-8H2,1-4H3. The van der Waals surface area contributed by atoms with Crippen molar-refractivity contribution in [2.24, 2.45) is 14.1 Å². The van der Waals surface area contributed by atoms with Gasteiger partial charge in [0.15, 0.2) is 5.69 Å². The number of fused-ring (bicyclic) bond motifs is 2. The Balaban J connectivity index is 1.57. The van der Waals surface area contributed by atoms with E-state index in [4.69, 9.17) is 0 Å². The fourth-order valence-electron chi connectivity index (χ4n) is 4.97. The second-order valence-electron chi connectivity index (χ2n) is 8.76. The van der Waals surface area contributed by atoms with Gasteiger partial charge in [-0.25, -0.2) is 4.39 Å². The fraction of sp³-hybridized carbons (Fsp3) is 0.333. The highest BCUT2D eigenvalue weighted by atomic mass is 19.4. The number of benzene rings is 1. The lowest BCUT2D eigenvalue weighted by atomic mass is 9.94. The molecule has 1 aromatic carbocycles. The van der Waals surface area contributed by atoms with Gasteiger partial charge in [-0.05, 0) is 44.5 Å². The number of hydrogen-bond donors (Lipinski definition) is 0. The molecule has 1 aliphatic heterocycles. The number of carbonyl (C=O) groups is 1. The summed E-state index contributed by atoms with van der Waals surface area (Å²) in [5.41, 5.74) is 2.08. The van der Waals surface area contributed by atoms with E-state index in [2.05, 4.69) is 15.2 Å². The van der Waals surface area contributed by atoms with Crippen LogP contribution in [-0.4, -0.2) is 41.9 Å². The first-order valence-corrected chi connectivity index (χ1v) is 11.0. The number of hydrogen-bond acceptors (Lipinski definition) is 4. The normalized spacial score (nSPS) is 16.1. The summed E-state index contributed by atoms with van der Waals surface area (Å²) >= 11 is 0. The highest BCUT2D eigenvalue weighted by molar-refractivity contribution is 6.06. The molecule has 0 N–H and O–H groups in total. The Morgan fingerprint density at radius 3 is 2.60 bits per heavy atom. The maximum Gasteiger partial charge on any atom is 0.433 e. The first-order valence-electron chi connectivity index (χ1n) is 11.0. The van der Waals surface area contributed by atoms with Crippen LogP contribution in [0.4, 0.5) is 17.6 Å². The van der Waals surface area contributed by atoms with Crippen LogP contribution < -0.4 is 0 Å². The third-order valence-corrected chi connectivity index (χ3v) is 6.49. The van der Waals surface area contributed by atoms with E-state index in [1.54, 1.807) is 31.9 Å². The second kappa shape index (κ2) is 7.89. The van der Waals surface area contributed by atoms with E-state index in [0.717, 1.165) is 4.68 Å². The molecule has 0 saturated heterocycles. The molecule has 182 valence electrons. The van der Waals surface area contributed by atoms with Gasteiger partial charge in [-0.2, -0.15) is 23.4 Å². The summed E-state index contributed by atoms with van der Waals surface area (Å²) < 4.78 is 57.4. The van der Waals surface area contributed by atoms with Crippen LogP contribution in [0.2, 0.25) is 0 Å². The Morgan fingerprint density at radius 1 is 1.14 bits per heavy atom. The van der Waals surface area contributed by atoms with Crippen LogP contribution in [0, 0.1) is 12.7 Å². The van der Waals surface area contributed by atoms with Crippen LogP contribution in [0.5, 0.6) is 0 Å². The number of carbonyl (C=O) groups excluding carboxylic acids is 1. The number of halogens is 4. The minimum atomic E-state index is -4.59. The van der Waals surface area contributed by atoms with Crippen molar-refractivity contribution in [3.8, 4) is 11.3 Å². The zero-order chi connectivity index (χ0) is 25.2. The van der Waals surface area contributed by atoms with Crippen LogP contribution in [0.15, 0.2) is 30.5 Å². The summed E-state index contributed by atoms with van der Waals surface area (Å²) in [7, 11) is 2.84. The average molecular weight is 486 g/mol. The van der Waals surface area contributed by atoms with Gasteiger partial charge in [0.05, 0.1) is 40.3 Å². The molecule has 0 radical (unpaired) electrons. The van der Waals surface area contributed by atoms with E-state index in [-0.39, 0.29) is 18.0 Å². The number of pyridine rings is 1. The molecule has 0 aliphatic carbocycles. The van der Waals surface area contributed by atoms with Crippen LogP contribution >= 0.6 is 0 Å². The van der Waals surface area contributed by atoms with E-state index in [9.17, 15) is 22.4 Å². The van der Waals surface area contributed by atoms with Crippen molar-refractivity contribution >= 4 is 16.8 Å². The third-order valence-electron chi connectivity index (χ3n) is 6.49. The van der Waals surface area contributed by atoms with E-state index in [1.165, 1.54) is 36.1 Å². The number of nitrogens with zero attached hydrogens (tertiary/aromatic N) is 6. The van der Waals surface area contributed by atoms with Crippen molar-refractivity contribution in [3.63, 3.8) is 0 Å². The van der Waals surface area contributed by atoms with Gasteiger partial charge < -0.3 is 4.90 Å². The molecule has 0 bridgehead atoms. The van der Waals surface area contributed by atoms with Gasteiger partial charge in [0, 0.05) is 37.3 Å². The highest BCUT2D eigenvalue weighted by Crippen LogP contribution is 2.41. The molecular formula is C24H22F4N6O. The molecule has 1 unspecified atom stereocenters. The first kappa shape index (κ1) is 23.0. The largest absolute Gasteiger partial charge is 0.433 e. The minimum Gasteiger partial charge on any atom is -0.330 e. The Bertz CT molecular complexity index is 1490. The summed E-state index contributed by atoms with van der Waals surface area (Å²) in [6.45, 7) is 3.82. The Kier molecular flexibility index (Phi) is 5.19. The predicted octanol–water partition coefficient (Wildman–Crippen LogP) is 4.59. The maximum absolute atomic E-state index is 14.0. The van der Waals surface area contributed by atoms with Crippen LogP contribution in [0.25, 0.3) is 22.2 Å². The van der Waals surface area contributed by atoms with E-state index in [0.29, 0.717) is 45.5 Å². The average Bonchev–Trinajstić information content (AvgIpc) is 3.32. The summed E-state index contributed by atoms with van der Waals surface area (Å²) in [4.78, 5) is 19.6. The summed E-state index contributed by atoms with van der Waals surface area (Å²) in [6, 6.07) is 5.23. The molecule has 1 aliphatic rings. The number of rotatable bonds is 2. The van der Waals surface area contributed by atoms with Crippen LogP contribution in [0.3, 0.4) is 0 Å². The number of aromatic nitrogens is 5. The molecule has 7 nitrogen and oxygen atoms in total. The first-order chi connectivity index (χ1) is 16.5. The van der Waals surface area contributed by atoms with E-state index >= 15 is 0 Å². The lowest BCUT2D eigenvalue weighted by molar-refractivity contribution is -0.143. The van der Waals surface area contributed by atoms with Gasteiger partial charge in [-0.3, -0.25) is 19.1 Å². The Morgan fingerprint density at radius 2 is 1.89 bits per heavy atom. The number of aryl methyl sites for hydroxylation is 3. The molecule has 3 aromatic heterocycles. The lowest BCUT2D eigenvalue weighted by Gasteiger charge is -2.33. The van der Waals surface area contributed by atoms with Gasteiger partial charge in [0.25, 0.3) is 5.91 Å². The maximum atomic E-state index is 14.0. The molecular weight excluding hydrogens is 464 g/mol. The van der Waals surface area contributed by atoms with Crippen molar-refractivity contribution in [1.29, 1.82) is 0 Å². The van der Waals surface area contributed by atoms with Crippen molar-refractivity contribution in [2.75, 3.05) is 6.54 Å². The molecule has 0 saturated carbocycles. The van der Waals surface area contributed by atoms with Crippen molar-refractivity contribution < 1.29 is 22.4 Å². The van der Waals surface area contributed by atoms with Crippen LogP contribution in [0.1, 0.15) is 46.0 Å². The fourth-order valence-corrected chi connectivity index (χ4v) is 4.97. The zero-order valence-corrected chi connectivity index (χ0v) is 19.5. The van der Waals surface area contributed by atoms with Crippen molar-refractivity contribution in [3.05, 3.63) is 64.5 Å². The monoisotopic (exact) mass is 486 g/mol. The highest BCUT2D eigenvalue weighted by Gasteiger charge is 2.41. The topological polar surface area (TPSA) is 68.8 Å². The minimum absolute atomic E-state index is 0.0468. The van der Waals surface area contributed by atoms with Gasteiger partial charge in [-0.15, -0.1) is 0 Å². The molecule has 0 spiro atoms.